The summed E-state index contributed by atoms with van der Waals surface area (Å²) in [6.45, 7) is 0.237. The molecule has 0 saturated carbocycles. The molecule has 0 unspecified atom stereocenters. The fourth-order valence-corrected chi connectivity index (χ4v) is 4.72. The number of nitrogens with zero attached hydrogens (tertiary/aromatic N) is 2. The number of rotatable bonds is 4. The first kappa shape index (κ1) is 20.1. The Kier molecular flexibility index (Phi) is 4.73. The number of ether oxygens (including phenoxy) is 5. The first-order valence-corrected chi connectivity index (χ1v) is 11.0. The largest absolute Gasteiger partial charge is 0.493 e. The van der Waals surface area contributed by atoms with Crippen LogP contribution < -0.4 is 23.7 Å². The summed E-state index contributed by atoms with van der Waals surface area (Å²) in [4.78, 5) is 0. The van der Waals surface area contributed by atoms with Gasteiger partial charge in [-0.2, -0.15) is 5.10 Å². The summed E-state index contributed by atoms with van der Waals surface area (Å²) in [5.41, 5.74) is 3.86. The molecular formula is C25H21ClN2O5. The van der Waals surface area contributed by atoms with Crippen LogP contribution in [0.3, 0.4) is 0 Å². The summed E-state index contributed by atoms with van der Waals surface area (Å²) in [6.07, 6.45) is 0.273. The third-order valence-corrected chi connectivity index (χ3v) is 6.39. The molecule has 0 aliphatic carbocycles. The molecule has 8 heteroatoms. The normalized spacial score (nSPS) is 20.0. The number of hydrazone groups is 1. The lowest BCUT2D eigenvalue weighted by molar-refractivity contribution is -0.0191. The number of benzene rings is 3. The molecule has 0 saturated heterocycles. The van der Waals surface area contributed by atoms with Crippen molar-refractivity contribution < 1.29 is 23.7 Å². The van der Waals surface area contributed by atoms with Gasteiger partial charge < -0.3 is 23.7 Å². The summed E-state index contributed by atoms with van der Waals surface area (Å²) < 4.78 is 28.4. The zero-order valence-corrected chi connectivity index (χ0v) is 18.8. The van der Waals surface area contributed by atoms with Crippen LogP contribution in [0.5, 0.6) is 28.7 Å². The highest BCUT2D eigenvalue weighted by Gasteiger charge is 2.41. The zero-order chi connectivity index (χ0) is 22.5. The molecule has 0 N–H and O–H groups in total. The van der Waals surface area contributed by atoms with Gasteiger partial charge in [0.25, 0.3) is 0 Å². The third-order valence-electron chi connectivity index (χ3n) is 6.15. The molecule has 0 bridgehead atoms. The lowest BCUT2D eigenvalue weighted by atomic mass is 9.95. The number of methoxy groups -OCH3 is 2. The molecule has 168 valence electrons. The number of fused-ring (bicyclic) bond motifs is 4. The SMILES string of the molecule is COc1ccc([C@H]2Oc3ccc(Cl)cc3[C@H]3CC(c4ccc5c(c4)OCO5)=NN32)cc1OC. The summed E-state index contributed by atoms with van der Waals surface area (Å²) in [7, 11) is 3.24. The molecule has 0 amide bonds. The molecular weight excluding hydrogens is 444 g/mol. The van der Waals surface area contributed by atoms with Crippen LogP contribution in [-0.4, -0.2) is 31.7 Å². The van der Waals surface area contributed by atoms with Crippen molar-refractivity contribution in [1.82, 2.24) is 5.01 Å². The van der Waals surface area contributed by atoms with Gasteiger partial charge in [-0.05, 0) is 54.6 Å². The van der Waals surface area contributed by atoms with Crippen LogP contribution in [0.4, 0.5) is 0 Å². The zero-order valence-electron chi connectivity index (χ0n) is 18.1. The number of hydrogen-bond acceptors (Lipinski definition) is 7. The average molecular weight is 465 g/mol. The van der Waals surface area contributed by atoms with E-state index in [0.29, 0.717) is 22.9 Å². The maximum Gasteiger partial charge on any atom is 0.231 e. The van der Waals surface area contributed by atoms with E-state index in [-0.39, 0.29) is 12.8 Å². The van der Waals surface area contributed by atoms with Crippen LogP contribution in [0.1, 0.15) is 35.4 Å². The molecule has 7 nitrogen and oxygen atoms in total. The van der Waals surface area contributed by atoms with Gasteiger partial charge in [0, 0.05) is 28.1 Å². The standard InChI is InChI=1S/C25H21ClN2O5/c1-29-21-6-4-15(10-23(21)30-2)25-28-19(17-11-16(26)5-8-20(17)33-25)12-18(27-28)14-3-7-22-24(9-14)32-13-31-22/h3-11,19,25H,12-13H2,1-2H3/t19-,25-/m1/s1. The van der Waals surface area contributed by atoms with Gasteiger partial charge in [-0.1, -0.05) is 11.6 Å². The van der Waals surface area contributed by atoms with E-state index >= 15 is 0 Å². The quantitative estimate of drug-likeness (QED) is 0.520. The monoisotopic (exact) mass is 464 g/mol. The molecule has 0 fully saturated rings. The van der Waals surface area contributed by atoms with Gasteiger partial charge in [-0.25, -0.2) is 5.01 Å². The van der Waals surface area contributed by atoms with Crippen LogP contribution in [-0.2, 0) is 0 Å². The van der Waals surface area contributed by atoms with Crippen LogP contribution in [0.25, 0.3) is 0 Å². The smallest absolute Gasteiger partial charge is 0.231 e. The Labute approximate surface area is 196 Å². The Balaban J connectivity index is 1.43. The van der Waals surface area contributed by atoms with Crippen LogP contribution in [0.15, 0.2) is 59.7 Å². The minimum absolute atomic E-state index is 0.0223. The lowest BCUT2D eigenvalue weighted by Gasteiger charge is -2.38. The van der Waals surface area contributed by atoms with E-state index in [1.165, 1.54) is 0 Å². The van der Waals surface area contributed by atoms with Crippen molar-refractivity contribution in [2.75, 3.05) is 21.0 Å². The van der Waals surface area contributed by atoms with Crippen molar-refractivity contribution >= 4 is 17.3 Å². The van der Waals surface area contributed by atoms with Crippen molar-refractivity contribution in [3.8, 4) is 28.7 Å². The van der Waals surface area contributed by atoms with E-state index < -0.39 is 6.23 Å². The molecule has 3 heterocycles. The molecule has 3 aliphatic rings. The van der Waals surface area contributed by atoms with Gasteiger partial charge in [0.2, 0.25) is 13.0 Å². The van der Waals surface area contributed by atoms with Crippen LogP contribution in [0, 0.1) is 0 Å². The Morgan fingerprint density at radius 3 is 2.58 bits per heavy atom. The number of hydrogen-bond donors (Lipinski definition) is 0. The predicted molar refractivity (Wildman–Crippen MR) is 123 cm³/mol. The van der Waals surface area contributed by atoms with Gasteiger partial charge in [0.05, 0.1) is 26.0 Å². The molecule has 0 spiro atoms. The summed E-state index contributed by atoms with van der Waals surface area (Å²) in [5, 5.41) is 7.67. The second-order valence-electron chi connectivity index (χ2n) is 7.98. The Bertz CT molecular complexity index is 1280. The van der Waals surface area contributed by atoms with Crippen molar-refractivity contribution in [2.45, 2.75) is 18.7 Å². The van der Waals surface area contributed by atoms with Gasteiger partial charge in [-0.15, -0.1) is 0 Å². The minimum Gasteiger partial charge on any atom is -0.493 e. The van der Waals surface area contributed by atoms with Gasteiger partial charge in [-0.3, -0.25) is 0 Å². The Hall–Kier alpha value is -3.58. The van der Waals surface area contributed by atoms with E-state index in [0.717, 1.165) is 39.7 Å². The van der Waals surface area contributed by atoms with E-state index in [1.54, 1.807) is 14.2 Å². The summed E-state index contributed by atoms with van der Waals surface area (Å²) >= 11 is 6.34. The van der Waals surface area contributed by atoms with E-state index in [1.807, 2.05) is 59.6 Å². The van der Waals surface area contributed by atoms with Crippen molar-refractivity contribution in [1.29, 1.82) is 0 Å². The second-order valence-corrected chi connectivity index (χ2v) is 8.42. The topological polar surface area (TPSA) is 61.8 Å². The van der Waals surface area contributed by atoms with Crippen molar-refractivity contribution in [2.24, 2.45) is 5.10 Å². The fourth-order valence-electron chi connectivity index (χ4n) is 4.54. The summed E-state index contributed by atoms with van der Waals surface area (Å²) in [6, 6.07) is 17.4. The van der Waals surface area contributed by atoms with Gasteiger partial charge >= 0.3 is 0 Å². The molecule has 6 rings (SSSR count). The van der Waals surface area contributed by atoms with E-state index in [4.69, 9.17) is 40.4 Å². The van der Waals surface area contributed by atoms with Crippen molar-refractivity contribution in [3.05, 3.63) is 76.3 Å². The van der Waals surface area contributed by atoms with Crippen molar-refractivity contribution in [3.63, 3.8) is 0 Å². The average Bonchev–Trinajstić information content (AvgIpc) is 3.50. The third kappa shape index (κ3) is 3.31. The predicted octanol–water partition coefficient (Wildman–Crippen LogP) is 5.33. The van der Waals surface area contributed by atoms with Crippen LogP contribution in [0.2, 0.25) is 5.02 Å². The molecule has 0 aromatic heterocycles. The Morgan fingerprint density at radius 1 is 0.909 bits per heavy atom. The summed E-state index contributed by atoms with van der Waals surface area (Å²) in [5.74, 6) is 3.57. The maximum atomic E-state index is 6.44. The fraction of sp³-hybridized carbons (Fsp3) is 0.240. The maximum absolute atomic E-state index is 6.44. The van der Waals surface area contributed by atoms with Gasteiger partial charge in [0.1, 0.15) is 5.75 Å². The molecule has 3 aromatic rings. The number of halogens is 1. The minimum atomic E-state index is -0.435. The molecule has 33 heavy (non-hydrogen) atoms. The second kappa shape index (κ2) is 7.78. The van der Waals surface area contributed by atoms with E-state index in [2.05, 4.69) is 0 Å². The molecule has 3 aliphatic heterocycles. The van der Waals surface area contributed by atoms with Gasteiger partial charge in [0.15, 0.2) is 23.0 Å². The molecule has 0 radical (unpaired) electrons. The first-order valence-electron chi connectivity index (χ1n) is 10.6. The van der Waals surface area contributed by atoms with E-state index in [9.17, 15) is 0 Å². The van der Waals surface area contributed by atoms with Crippen LogP contribution >= 0.6 is 11.6 Å². The lowest BCUT2D eigenvalue weighted by Crippen LogP contribution is -2.33. The Morgan fingerprint density at radius 2 is 1.73 bits per heavy atom. The molecule has 2 atom stereocenters. The highest BCUT2D eigenvalue weighted by atomic mass is 35.5. The first-order chi connectivity index (χ1) is 16.1. The highest BCUT2D eigenvalue weighted by Crippen LogP contribution is 2.49. The molecule has 3 aromatic carbocycles. The highest BCUT2D eigenvalue weighted by molar-refractivity contribution is 6.30.